The molecule has 2 heterocycles. The molecule has 0 aliphatic rings. The van der Waals surface area contributed by atoms with Crippen LogP contribution in [0.15, 0.2) is 133 Å². The van der Waals surface area contributed by atoms with E-state index in [0.29, 0.717) is 0 Å². The number of fused-ring (bicyclic) bond motifs is 18. The van der Waals surface area contributed by atoms with Gasteiger partial charge in [0.1, 0.15) is 0 Å². The molecule has 12 bridgehead atoms. The van der Waals surface area contributed by atoms with Crippen LogP contribution in [0.4, 0.5) is 0 Å². The first-order valence-corrected chi connectivity index (χ1v) is 12.7. The van der Waals surface area contributed by atoms with Gasteiger partial charge in [-0.25, -0.2) is 4.98 Å². The summed E-state index contributed by atoms with van der Waals surface area (Å²) in [6.45, 7) is 2.14. The molecule has 0 spiro atoms. The van der Waals surface area contributed by atoms with E-state index in [1.807, 2.05) is 0 Å². The van der Waals surface area contributed by atoms with Crippen LogP contribution in [0, 0.1) is 6.92 Å². The van der Waals surface area contributed by atoms with E-state index in [4.69, 9.17) is 4.98 Å². The highest BCUT2D eigenvalue weighted by molar-refractivity contribution is 6.00. The summed E-state index contributed by atoms with van der Waals surface area (Å²) in [5.74, 6) is 0. The van der Waals surface area contributed by atoms with E-state index >= 15 is 0 Å². The predicted octanol–water partition coefficient (Wildman–Crippen LogP) is 10.00. The molecule has 1 heteroatoms. The number of aryl methyl sites for hydroxylation is 1. The highest BCUT2D eigenvalue weighted by Crippen LogP contribution is 2.25. The fourth-order valence-electron chi connectivity index (χ4n) is 5.32. The third kappa shape index (κ3) is 3.95. The highest BCUT2D eigenvalue weighted by atomic mass is 14.7. The Labute approximate surface area is 215 Å². The first-order chi connectivity index (χ1) is 18.2. The van der Waals surface area contributed by atoms with Crippen LogP contribution in [0.1, 0.15) is 5.56 Å². The minimum atomic E-state index is 0.986. The van der Waals surface area contributed by atoms with Crippen LogP contribution in [0.3, 0.4) is 0 Å². The third-order valence-corrected chi connectivity index (χ3v) is 7.31. The maximum atomic E-state index is 5.16. The van der Waals surface area contributed by atoms with E-state index in [2.05, 4.69) is 140 Å². The number of hydrogen-bond acceptors (Lipinski definition) is 1. The van der Waals surface area contributed by atoms with Gasteiger partial charge in [0, 0.05) is 10.8 Å². The Morgan fingerprint density at radius 3 is 1.11 bits per heavy atom. The van der Waals surface area contributed by atoms with Gasteiger partial charge < -0.3 is 0 Å². The maximum absolute atomic E-state index is 5.16. The standard InChI is InChI=1S/C36H25N/c1-24-17-18-35-33-15-5-13-31(22-33)29-11-3-9-27(20-29)25-7-2-8-26(19-25)28-10-4-12-30(21-28)32-14-6-16-34(23-32)36(24)37-35/h2-23H,1H3. The Balaban J connectivity index is 1.73. The van der Waals surface area contributed by atoms with Crippen molar-refractivity contribution in [3.8, 4) is 0 Å². The molecule has 0 fully saturated rings. The topological polar surface area (TPSA) is 12.9 Å². The van der Waals surface area contributed by atoms with Gasteiger partial charge in [0.15, 0.2) is 0 Å². The molecule has 7 rings (SSSR count). The van der Waals surface area contributed by atoms with Crippen molar-refractivity contribution in [3.05, 3.63) is 139 Å². The molecule has 0 unspecified atom stereocenters. The Hall–Kier alpha value is -4.75. The minimum Gasteiger partial charge on any atom is -0.248 e. The molecule has 0 aliphatic carbocycles. The van der Waals surface area contributed by atoms with E-state index in [-0.39, 0.29) is 0 Å². The van der Waals surface area contributed by atoms with E-state index in [1.54, 1.807) is 0 Å². The molecule has 0 radical (unpaired) electrons. The summed E-state index contributed by atoms with van der Waals surface area (Å²) < 4.78 is 0. The summed E-state index contributed by atoms with van der Waals surface area (Å²) in [6.07, 6.45) is 0. The number of hydrogen-bond donors (Lipinski definition) is 0. The summed E-state index contributed by atoms with van der Waals surface area (Å²) in [6, 6.07) is 48.3. The molecule has 0 saturated heterocycles. The van der Waals surface area contributed by atoms with Crippen molar-refractivity contribution in [3.63, 3.8) is 0 Å². The lowest BCUT2D eigenvalue weighted by atomic mass is 10.0. The SMILES string of the molecule is Cc1ccc2nc1c1cccc(c1)c1cccc(c1)c1cccc(c1)c1cccc(c1)c1cccc2c1. The average Bonchev–Trinajstić information content (AvgIpc) is 2.97. The lowest BCUT2D eigenvalue weighted by molar-refractivity contribution is 1.41. The van der Waals surface area contributed by atoms with Gasteiger partial charge in [-0.15, -0.1) is 0 Å². The van der Waals surface area contributed by atoms with Crippen LogP contribution in [-0.4, -0.2) is 4.98 Å². The lowest BCUT2D eigenvalue weighted by Crippen LogP contribution is -1.83. The van der Waals surface area contributed by atoms with Crippen LogP contribution in [0.5, 0.6) is 0 Å². The second kappa shape index (κ2) is 8.72. The molecule has 0 N–H and O–H groups in total. The normalized spacial score (nSPS) is 11.4. The minimum absolute atomic E-state index is 0.986. The largest absolute Gasteiger partial charge is 0.248 e. The molecule has 5 aromatic carbocycles. The average molecular weight is 472 g/mol. The highest BCUT2D eigenvalue weighted by Gasteiger charge is 2.01. The van der Waals surface area contributed by atoms with Crippen LogP contribution < -0.4 is 0 Å². The molecule has 2 aromatic heterocycles. The second-order valence-corrected chi connectivity index (χ2v) is 9.77. The van der Waals surface area contributed by atoms with E-state index in [1.165, 1.54) is 48.7 Å². The molecule has 7 aromatic rings. The third-order valence-electron chi connectivity index (χ3n) is 7.31. The van der Waals surface area contributed by atoms with Crippen molar-refractivity contribution >= 4 is 64.9 Å². The molecule has 0 saturated carbocycles. The fourth-order valence-corrected chi connectivity index (χ4v) is 5.32. The van der Waals surface area contributed by atoms with Gasteiger partial charge in [0.05, 0.1) is 11.0 Å². The summed E-state index contributed by atoms with van der Waals surface area (Å²) in [5, 5.41) is 11.9. The van der Waals surface area contributed by atoms with Gasteiger partial charge in [0.2, 0.25) is 0 Å². The molecule has 0 aliphatic heterocycles. The smallest absolute Gasteiger partial charge is 0.0738 e. The van der Waals surface area contributed by atoms with E-state index in [9.17, 15) is 0 Å². The summed E-state index contributed by atoms with van der Waals surface area (Å²) >= 11 is 0. The van der Waals surface area contributed by atoms with Crippen molar-refractivity contribution in [1.29, 1.82) is 0 Å². The predicted molar refractivity (Wildman–Crippen MR) is 160 cm³/mol. The van der Waals surface area contributed by atoms with Crippen molar-refractivity contribution in [1.82, 2.24) is 4.98 Å². The van der Waals surface area contributed by atoms with E-state index in [0.717, 1.165) is 21.8 Å². The Morgan fingerprint density at radius 2 is 0.676 bits per heavy atom. The van der Waals surface area contributed by atoms with Crippen LogP contribution in [-0.2, 0) is 0 Å². The number of aromatic nitrogens is 1. The Morgan fingerprint density at radius 1 is 0.351 bits per heavy atom. The quantitative estimate of drug-likeness (QED) is 0.214. The summed E-state index contributed by atoms with van der Waals surface area (Å²) in [5.41, 5.74) is 3.18. The van der Waals surface area contributed by atoms with Gasteiger partial charge in [-0.3, -0.25) is 0 Å². The van der Waals surface area contributed by atoms with Crippen LogP contribution in [0.2, 0.25) is 0 Å². The molecule has 0 amide bonds. The Kier molecular flexibility index (Phi) is 5.08. The van der Waals surface area contributed by atoms with Crippen LogP contribution in [0.25, 0.3) is 64.9 Å². The number of pyridine rings is 1. The second-order valence-electron chi connectivity index (χ2n) is 9.77. The zero-order chi connectivity index (χ0) is 24.8. The fraction of sp³-hybridized carbons (Fsp3) is 0.0278. The molecular weight excluding hydrogens is 446 g/mol. The first kappa shape index (κ1) is 21.5. The monoisotopic (exact) mass is 471 g/mol. The lowest BCUT2D eigenvalue weighted by Gasteiger charge is -2.03. The van der Waals surface area contributed by atoms with Gasteiger partial charge in [-0.05, 0) is 92.0 Å². The number of benzene rings is 5. The van der Waals surface area contributed by atoms with Gasteiger partial charge in [0.25, 0.3) is 0 Å². The Bertz CT molecular complexity index is 2100. The van der Waals surface area contributed by atoms with Crippen molar-refractivity contribution < 1.29 is 0 Å². The maximum Gasteiger partial charge on any atom is 0.0738 e. The molecular formula is C36H25N. The van der Waals surface area contributed by atoms with Crippen molar-refractivity contribution in [2.75, 3.05) is 0 Å². The van der Waals surface area contributed by atoms with Gasteiger partial charge >= 0.3 is 0 Å². The molecule has 37 heavy (non-hydrogen) atoms. The summed E-state index contributed by atoms with van der Waals surface area (Å²) in [4.78, 5) is 5.16. The van der Waals surface area contributed by atoms with Gasteiger partial charge in [-0.2, -0.15) is 0 Å². The van der Waals surface area contributed by atoms with Crippen molar-refractivity contribution in [2.24, 2.45) is 0 Å². The first-order valence-electron chi connectivity index (χ1n) is 12.7. The zero-order valence-electron chi connectivity index (χ0n) is 20.6. The van der Waals surface area contributed by atoms with Crippen LogP contribution >= 0.6 is 0 Å². The zero-order valence-corrected chi connectivity index (χ0v) is 20.6. The van der Waals surface area contributed by atoms with Gasteiger partial charge in [-0.1, -0.05) is 97.1 Å². The van der Waals surface area contributed by atoms with Crippen molar-refractivity contribution in [2.45, 2.75) is 6.92 Å². The molecule has 1 nitrogen and oxygen atoms in total. The summed E-state index contributed by atoms with van der Waals surface area (Å²) in [7, 11) is 0. The molecule has 174 valence electrons. The number of rotatable bonds is 0. The van der Waals surface area contributed by atoms with E-state index < -0.39 is 0 Å². The molecule has 0 atom stereocenters. The number of nitrogens with zero attached hydrogens (tertiary/aromatic N) is 1.